The summed E-state index contributed by atoms with van der Waals surface area (Å²) >= 11 is 3.63. The number of halogens is 2. The molecule has 5 rings (SSSR count). The molecule has 1 aliphatic rings. The second-order valence-corrected chi connectivity index (χ2v) is 7.91. The highest BCUT2D eigenvalue weighted by molar-refractivity contribution is 9.10. The van der Waals surface area contributed by atoms with E-state index in [1.54, 1.807) is 6.20 Å². The Hall–Kier alpha value is -2.34. The van der Waals surface area contributed by atoms with E-state index in [1.807, 2.05) is 30.3 Å². The molecular formula is C23H21BrClN3O. The van der Waals surface area contributed by atoms with Crippen LogP contribution in [0.4, 0.5) is 0 Å². The van der Waals surface area contributed by atoms with Gasteiger partial charge < -0.3 is 15.0 Å². The van der Waals surface area contributed by atoms with Gasteiger partial charge >= 0.3 is 0 Å². The molecule has 29 heavy (non-hydrogen) atoms. The number of fused-ring (bicyclic) bond motifs is 3. The van der Waals surface area contributed by atoms with E-state index >= 15 is 0 Å². The lowest BCUT2D eigenvalue weighted by molar-refractivity contribution is 0.295. The van der Waals surface area contributed by atoms with Crippen molar-refractivity contribution >= 4 is 39.2 Å². The molecule has 4 aromatic rings. The fraction of sp³-hybridized carbons (Fsp3) is 0.174. The SMILES string of the molecule is Brc1ccc(OCc2ccccn2)c(C2NCCc3c2[nH]c2ccccc32)c1.Cl. The predicted octanol–water partition coefficient (Wildman–Crippen LogP) is 5.56. The summed E-state index contributed by atoms with van der Waals surface area (Å²) in [5.74, 6) is 0.873. The predicted molar refractivity (Wildman–Crippen MR) is 122 cm³/mol. The minimum atomic E-state index is 0. The fourth-order valence-electron chi connectivity index (χ4n) is 3.96. The number of hydrogen-bond acceptors (Lipinski definition) is 3. The average Bonchev–Trinajstić information content (AvgIpc) is 3.12. The lowest BCUT2D eigenvalue weighted by Gasteiger charge is -2.26. The molecule has 2 N–H and O–H groups in total. The Balaban J connectivity index is 0.00000205. The molecule has 0 bridgehead atoms. The molecule has 0 fully saturated rings. The molecule has 0 amide bonds. The molecule has 0 aliphatic carbocycles. The summed E-state index contributed by atoms with van der Waals surface area (Å²) in [5, 5.41) is 4.99. The van der Waals surface area contributed by atoms with Gasteiger partial charge in [0.25, 0.3) is 0 Å². The van der Waals surface area contributed by atoms with Crippen LogP contribution in [-0.2, 0) is 13.0 Å². The highest BCUT2D eigenvalue weighted by Crippen LogP contribution is 2.38. The van der Waals surface area contributed by atoms with E-state index in [1.165, 1.54) is 22.2 Å². The molecule has 148 valence electrons. The Kier molecular flexibility index (Phi) is 5.90. The van der Waals surface area contributed by atoms with Crippen LogP contribution in [-0.4, -0.2) is 16.5 Å². The number of para-hydroxylation sites is 1. The quantitative estimate of drug-likeness (QED) is 0.410. The minimum absolute atomic E-state index is 0. The lowest BCUT2D eigenvalue weighted by atomic mass is 9.94. The van der Waals surface area contributed by atoms with Gasteiger partial charge in [-0.2, -0.15) is 0 Å². The lowest BCUT2D eigenvalue weighted by Crippen LogP contribution is -2.30. The molecule has 1 aliphatic heterocycles. The summed E-state index contributed by atoms with van der Waals surface area (Å²) in [6.45, 7) is 1.38. The Bertz CT molecular complexity index is 1130. The summed E-state index contributed by atoms with van der Waals surface area (Å²) < 4.78 is 7.22. The number of rotatable bonds is 4. The van der Waals surface area contributed by atoms with Gasteiger partial charge in [0, 0.05) is 39.4 Å². The number of aromatic amines is 1. The number of H-pyrrole nitrogens is 1. The van der Waals surface area contributed by atoms with Crippen molar-refractivity contribution in [1.82, 2.24) is 15.3 Å². The van der Waals surface area contributed by atoms with E-state index in [-0.39, 0.29) is 18.4 Å². The van der Waals surface area contributed by atoms with Crippen molar-refractivity contribution in [3.8, 4) is 5.75 Å². The van der Waals surface area contributed by atoms with Crippen molar-refractivity contribution in [2.45, 2.75) is 19.1 Å². The van der Waals surface area contributed by atoms with Crippen LogP contribution in [0.5, 0.6) is 5.75 Å². The topological polar surface area (TPSA) is 49.9 Å². The van der Waals surface area contributed by atoms with Crippen LogP contribution in [0.15, 0.2) is 71.3 Å². The summed E-state index contributed by atoms with van der Waals surface area (Å²) in [5.41, 5.74) is 5.85. The van der Waals surface area contributed by atoms with Gasteiger partial charge in [0.05, 0.1) is 11.7 Å². The standard InChI is InChI=1S/C23H20BrN3O.ClH/c24-15-8-9-21(28-14-16-5-3-4-11-25-16)19(13-15)22-23-18(10-12-26-22)17-6-1-2-7-20(17)27-23;/h1-9,11,13,22,26-27H,10,12,14H2;1H. The molecule has 4 nitrogen and oxygen atoms in total. The minimum Gasteiger partial charge on any atom is -0.487 e. The van der Waals surface area contributed by atoms with Crippen molar-refractivity contribution in [1.29, 1.82) is 0 Å². The molecule has 0 saturated carbocycles. The third-order valence-corrected chi connectivity index (χ3v) is 5.74. The van der Waals surface area contributed by atoms with Gasteiger partial charge in [-0.3, -0.25) is 4.98 Å². The molecule has 0 radical (unpaired) electrons. The first kappa shape index (κ1) is 20.0. The van der Waals surface area contributed by atoms with E-state index in [0.717, 1.165) is 34.4 Å². The van der Waals surface area contributed by atoms with E-state index in [2.05, 4.69) is 61.5 Å². The summed E-state index contributed by atoms with van der Waals surface area (Å²) in [6, 6.07) is 20.7. The molecule has 0 saturated heterocycles. The van der Waals surface area contributed by atoms with E-state index in [0.29, 0.717) is 6.61 Å². The molecular weight excluding hydrogens is 450 g/mol. The van der Waals surface area contributed by atoms with Crippen LogP contribution in [0, 0.1) is 0 Å². The first-order chi connectivity index (χ1) is 13.8. The van der Waals surface area contributed by atoms with Gasteiger partial charge in [-0.15, -0.1) is 12.4 Å². The summed E-state index contributed by atoms with van der Waals surface area (Å²) in [6.07, 6.45) is 2.81. The maximum Gasteiger partial charge on any atom is 0.130 e. The number of benzene rings is 2. The molecule has 2 aromatic carbocycles. The van der Waals surface area contributed by atoms with E-state index in [4.69, 9.17) is 4.74 Å². The first-order valence-corrected chi connectivity index (χ1v) is 10.2. The third kappa shape index (κ3) is 3.90. The molecule has 1 unspecified atom stereocenters. The zero-order valence-corrected chi connectivity index (χ0v) is 18.1. The maximum atomic E-state index is 6.18. The summed E-state index contributed by atoms with van der Waals surface area (Å²) in [4.78, 5) is 8.00. The van der Waals surface area contributed by atoms with Crippen molar-refractivity contribution in [3.05, 3.63) is 93.8 Å². The fourth-order valence-corrected chi connectivity index (χ4v) is 4.34. The van der Waals surface area contributed by atoms with Crippen molar-refractivity contribution in [3.63, 3.8) is 0 Å². The third-order valence-electron chi connectivity index (χ3n) is 5.24. The Labute approximate surface area is 184 Å². The number of aromatic nitrogens is 2. The molecule has 0 spiro atoms. The Morgan fingerprint density at radius 3 is 2.79 bits per heavy atom. The zero-order chi connectivity index (χ0) is 18.9. The van der Waals surface area contributed by atoms with Gasteiger partial charge in [-0.1, -0.05) is 40.2 Å². The Morgan fingerprint density at radius 1 is 1.07 bits per heavy atom. The van der Waals surface area contributed by atoms with Crippen molar-refractivity contribution in [2.24, 2.45) is 0 Å². The molecule has 3 heterocycles. The van der Waals surface area contributed by atoms with Crippen LogP contribution < -0.4 is 10.1 Å². The number of ether oxygens (including phenoxy) is 1. The highest BCUT2D eigenvalue weighted by atomic mass is 79.9. The van der Waals surface area contributed by atoms with Crippen LogP contribution >= 0.6 is 28.3 Å². The van der Waals surface area contributed by atoms with Crippen molar-refractivity contribution in [2.75, 3.05) is 6.54 Å². The summed E-state index contributed by atoms with van der Waals surface area (Å²) in [7, 11) is 0. The number of hydrogen-bond donors (Lipinski definition) is 2. The van der Waals surface area contributed by atoms with Gasteiger partial charge in [0.15, 0.2) is 0 Å². The van der Waals surface area contributed by atoms with Crippen LogP contribution in [0.2, 0.25) is 0 Å². The second kappa shape index (κ2) is 8.57. The number of nitrogens with zero attached hydrogens (tertiary/aromatic N) is 1. The van der Waals surface area contributed by atoms with Crippen LogP contribution in [0.25, 0.3) is 10.9 Å². The largest absolute Gasteiger partial charge is 0.487 e. The van der Waals surface area contributed by atoms with E-state index < -0.39 is 0 Å². The van der Waals surface area contributed by atoms with Crippen molar-refractivity contribution < 1.29 is 4.74 Å². The zero-order valence-electron chi connectivity index (χ0n) is 15.7. The van der Waals surface area contributed by atoms with Gasteiger partial charge in [-0.05, 0) is 48.4 Å². The second-order valence-electron chi connectivity index (χ2n) is 6.99. The smallest absolute Gasteiger partial charge is 0.130 e. The monoisotopic (exact) mass is 469 g/mol. The van der Waals surface area contributed by atoms with Gasteiger partial charge in [0.1, 0.15) is 12.4 Å². The van der Waals surface area contributed by atoms with Gasteiger partial charge in [0.2, 0.25) is 0 Å². The van der Waals surface area contributed by atoms with Crippen LogP contribution in [0.1, 0.15) is 28.6 Å². The molecule has 2 aromatic heterocycles. The maximum absolute atomic E-state index is 6.18. The van der Waals surface area contributed by atoms with E-state index in [9.17, 15) is 0 Å². The molecule has 6 heteroatoms. The Morgan fingerprint density at radius 2 is 1.93 bits per heavy atom. The number of nitrogens with one attached hydrogen (secondary N) is 2. The highest BCUT2D eigenvalue weighted by Gasteiger charge is 2.27. The first-order valence-electron chi connectivity index (χ1n) is 9.44. The molecule has 1 atom stereocenters. The number of pyridine rings is 1. The van der Waals surface area contributed by atoms with Gasteiger partial charge in [-0.25, -0.2) is 0 Å². The average molecular weight is 471 g/mol. The normalized spacial score (nSPS) is 15.6. The van der Waals surface area contributed by atoms with Crippen LogP contribution in [0.3, 0.4) is 0 Å².